The molecule has 0 aromatic heterocycles. The molecule has 5 heteroatoms. The molecule has 21 heavy (non-hydrogen) atoms. The Hall–Kier alpha value is -1.62. The number of thiocarbonyl (C=S) groups is 1. The molecule has 1 aliphatic carbocycles. The van der Waals surface area contributed by atoms with Gasteiger partial charge in [-0.1, -0.05) is 25.2 Å². The number of carbonyl (C=O) groups is 1. The van der Waals surface area contributed by atoms with Gasteiger partial charge in [0.05, 0.1) is 16.1 Å². The maximum Gasteiger partial charge on any atom is 0.240 e. The van der Waals surface area contributed by atoms with Gasteiger partial charge in [0.1, 0.15) is 5.75 Å². The summed E-state index contributed by atoms with van der Waals surface area (Å²) in [6.07, 6.45) is 1.41. The van der Waals surface area contributed by atoms with Crippen molar-refractivity contribution in [2.45, 2.75) is 33.6 Å². The van der Waals surface area contributed by atoms with Crippen LogP contribution in [-0.2, 0) is 4.79 Å². The van der Waals surface area contributed by atoms with E-state index in [1.807, 2.05) is 13.8 Å². The normalized spacial score (nSPS) is 24.2. The van der Waals surface area contributed by atoms with Crippen LogP contribution in [0.4, 0.5) is 5.69 Å². The number of phenols is 1. The highest BCUT2D eigenvalue weighted by atomic mass is 32.1. The minimum Gasteiger partial charge on any atom is -0.508 e. The molecule has 1 aromatic carbocycles. The maximum absolute atomic E-state index is 13.0. The average Bonchev–Trinajstić information content (AvgIpc) is 2.39. The van der Waals surface area contributed by atoms with Crippen LogP contribution in [0.15, 0.2) is 18.2 Å². The van der Waals surface area contributed by atoms with E-state index in [4.69, 9.17) is 18.0 Å². The van der Waals surface area contributed by atoms with Crippen molar-refractivity contribution in [3.05, 3.63) is 23.8 Å². The van der Waals surface area contributed by atoms with E-state index in [9.17, 15) is 9.90 Å². The second kappa shape index (κ2) is 5.64. The molecule has 1 saturated carbocycles. The van der Waals surface area contributed by atoms with Crippen molar-refractivity contribution in [3.8, 4) is 5.75 Å². The number of hydrogen-bond donors (Lipinski definition) is 2. The third-order valence-corrected chi connectivity index (χ3v) is 4.71. The Bertz CT molecular complexity index is 580. The van der Waals surface area contributed by atoms with Gasteiger partial charge >= 0.3 is 0 Å². The Morgan fingerprint density at radius 1 is 1.52 bits per heavy atom. The van der Waals surface area contributed by atoms with Crippen molar-refractivity contribution >= 4 is 28.8 Å². The zero-order valence-electron chi connectivity index (χ0n) is 12.7. The third-order valence-electron chi connectivity index (χ3n) is 4.32. The predicted octanol–water partition coefficient (Wildman–Crippen LogP) is 2.76. The Kier molecular flexibility index (Phi) is 4.23. The molecule has 0 radical (unpaired) electrons. The molecule has 4 nitrogen and oxygen atoms in total. The molecule has 2 rings (SSSR count). The lowest BCUT2D eigenvalue weighted by Gasteiger charge is -2.46. The predicted molar refractivity (Wildman–Crippen MR) is 88.5 cm³/mol. The topological polar surface area (TPSA) is 66.6 Å². The zero-order chi connectivity index (χ0) is 15.8. The fourth-order valence-corrected chi connectivity index (χ4v) is 3.44. The first kappa shape index (κ1) is 15.8. The number of anilines is 1. The van der Waals surface area contributed by atoms with Crippen LogP contribution in [0.2, 0.25) is 0 Å². The Morgan fingerprint density at radius 2 is 2.14 bits per heavy atom. The van der Waals surface area contributed by atoms with E-state index in [-0.39, 0.29) is 16.6 Å². The first-order valence-electron chi connectivity index (χ1n) is 7.23. The molecule has 0 spiro atoms. The molecule has 0 unspecified atom stereocenters. The van der Waals surface area contributed by atoms with Gasteiger partial charge in [-0.2, -0.15) is 0 Å². The van der Waals surface area contributed by atoms with Gasteiger partial charge in [-0.25, -0.2) is 0 Å². The number of amides is 1. The number of hydrogen-bond acceptors (Lipinski definition) is 3. The number of carbonyl (C=O) groups excluding carboxylic acids is 1. The molecule has 0 bridgehead atoms. The molecular weight excluding hydrogens is 284 g/mol. The molecule has 1 fully saturated rings. The van der Waals surface area contributed by atoms with Gasteiger partial charge in [-0.15, -0.1) is 0 Å². The average molecular weight is 306 g/mol. The SMILES string of the molecule is CCN(C(=O)C1(C(N)=S)CC(C)C1)c1cc(O)ccc1C. The summed E-state index contributed by atoms with van der Waals surface area (Å²) in [5.74, 6) is 0.553. The molecule has 1 aromatic rings. The van der Waals surface area contributed by atoms with Crippen molar-refractivity contribution in [1.82, 2.24) is 0 Å². The summed E-state index contributed by atoms with van der Waals surface area (Å²) in [7, 11) is 0. The van der Waals surface area contributed by atoms with Gasteiger partial charge in [0, 0.05) is 12.6 Å². The van der Waals surface area contributed by atoms with Gasteiger partial charge in [0.25, 0.3) is 0 Å². The van der Waals surface area contributed by atoms with E-state index >= 15 is 0 Å². The Balaban J connectivity index is 2.39. The van der Waals surface area contributed by atoms with E-state index in [1.165, 1.54) is 0 Å². The first-order valence-corrected chi connectivity index (χ1v) is 7.64. The second-order valence-corrected chi connectivity index (χ2v) is 6.42. The van der Waals surface area contributed by atoms with E-state index in [0.717, 1.165) is 11.3 Å². The van der Waals surface area contributed by atoms with E-state index < -0.39 is 5.41 Å². The summed E-state index contributed by atoms with van der Waals surface area (Å²) in [6, 6.07) is 5.04. The largest absolute Gasteiger partial charge is 0.508 e. The van der Waals surface area contributed by atoms with Crippen LogP contribution in [0.5, 0.6) is 5.75 Å². The van der Waals surface area contributed by atoms with Crippen molar-refractivity contribution in [2.24, 2.45) is 17.1 Å². The van der Waals surface area contributed by atoms with Crippen molar-refractivity contribution in [3.63, 3.8) is 0 Å². The monoisotopic (exact) mass is 306 g/mol. The highest BCUT2D eigenvalue weighted by molar-refractivity contribution is 7.80. The number of phenolic OH excluding ortho intramolecular Hbond substituents is 1. The van der Waals surface area contributed by atoms with Crippen LogP contribution in [0.1, 0.15) is 32.3 Å². The lowest BCUT2D eigenvalue weighted by Crippen LogP contribution is -2.57. The lowest BCUT2D eigenvalue weighted by molar-refractivity contribution is -0.130. The highest BCUT2D eigenvalue weighted by Crippen LogP contribution is 2.48. The number of aromatic hydroxyl groups is 1. The van der Waals surface area contributed by atoms with Crippen molar-refractivity contribution < 1.29 is 9.90 Å². The molecule has 1 amide bonds. The van der Waals surface area contributed by atoms with Crippen molar-refractivity contribution in [2.75, 3.05) is 11.4 Å². The third kappa shape index (κ3) is 2.62. The first-order chi connectivity index (χ1) is 9.81. The van der Waals surface area contributed by atoms with Crippen LogP contribution in [0.25, 0.3) is 0 Å². The number of benzene rings is 1. The van der Waals surface area contributed by atoms with Gasteiger partial charge in [0.15, 0.2) is 0 Å². The summed E-state index contributed by atoms with van der Waals surface area (Å²) >= 11 is 5.17. The van der Waals surface area contributed by atoms with Crippen LogP contribution in [0.3, 0.4) is 0 Å². The molecule has 0 aliphatic heterocycles. The van der Waals surface area contributed by atoms with Gasteiger partial charge < -0.3 is 15.7 Å². The number of aryl methyl sites for hydroxylation is 1. The van der Waals surface area contributed by atoms with Crippen LogP contribution >= 0.6 is 12.2 Å². The number of nitrogens with two attached hydrogens (primary N) is 1. The zero-order valence-corrected chi connectivity index (χ0v) is 13.5. The highest BCUT2D eigenvalue weighted by Gasteiger charge is 2.52. The second-order valence-electron chi connectivity index (χ2n) is 5.98. The quantitative estimate of drug-likeness (QED) is 0.839. The van der Waals surface area contributed by atoms with Crippen LogP contribution in [0, 0.1) is 18.3 Å². The summed E-state index contributed by atoms with van der Waals surface area (Å²) in [6.45, 7) is 6.44. The maximum atomic E-state index is 13.0. The minimum absolute atomic E-state index is 0.0516. The fraction of sp³-hybridized carbons (Fsp3) is 0.500. The van der Waals surface area contributed by atoms with E-state index in [1.54, 1.807) is 23.1 Å². The molecule has 0 atom stereocenters. The van der Waals surface area contributed by atoms with Gasteiger partial charge in [-0.05, 0) is 44.2 Å². The van der Waals surface area contributed by atoms with Crippen LogP contribution < -0.4 is 10.6 Å². The van der Waals surface area contributed by atoms with Crippen molar-refractivity contribution in [1.29, 1.82) is 0 Å². The fourth-order valence-electron chi connectivity index (χ4n) is 3.18. The summed E-state index contributed by atoms with van der Waals surface area (Å²) in [5, 5.41) is 9.70. The summed E-state index contributed by atoms with van der Waals surface area (Å²) in [5.41, 5.74) is 6.81. The summed E-state index contributed by atoms with van der Waals surface area (Å²) in [4.78, 5) is 15.0. The smallest absolute Gasteiger partial charge is 0.240 e. The Labute approximate surface area is 130 Å². The number of nitrogens with zero attached hydrogens (tertiary/aromatic N) is 1. The molecule has 114 valence electrons. The molecule has 1 aliphatic rings. The molecular formula is C16H22N2O2S. The van der Waals surface area contributed by atoms with Gasteiger partial charge in [0.2, 0.25) is 5.91 Å². The van der Waals surface area contributed by atoms with Crippen LogP contribution in [-0.4, -0.2) is 22.5 Å². The van der Waals surface area contributed by atoms with E-state index in [0.29, 0.717) is 25.3 Å². The molecule has 0 saturated heterocycles. The molecule has 3 N–H and O–H groups in total. The molecule has 0 heterocycles. The van der Waals surface area contributed by atoms with E-state index in [2.05, 4.69) is 6.92 Å². The number of rotatable bonds is 4. The minimum atomic E-state index is -0.720. The summed E-state index contributed by atoms with van der Waals surface area (Å²) < 4.78 is 0. The van der Waals surface area contributed by atoms with Gasteiger partial charge in [-0.3, -0.25) is 4.79 Å². The Morgan fingerprint density at radius 3 is 2.62 bits per heavy atom. The standard InChI is InChI=1S/C16H22N2O2S/c1-4-18(13-7-12(19)6-5-11(13)3)15(20)16(14(17)21)8-10(2)9-16/h5-7,10,19H,4,8-9H2,1-3H3,(H2,17,21). The lowest BCUT2D eigenvalue weighted by atomic mass is 9.61.